The van der Waals surface area contributed by atoms with Gasteiger partial charge in [0.1, 0.15) is 12.4 Å². The molecule has 0 aliphatic heterocycles. The van der Waals surface area contributed by atoms with Crippen LogP contribution in [0.2, 0.25) is 0 Å². The highest BCUT2D eigenvalue weighted by molar-refractivity contribution is 9.10. The van der Waals surface area contributed by atoms with Gasteiger partial charge < -0.3 is 19.7 Å². The third kappa shape index (κ3) is 8.53. The van der Waals surface area contributed by atoms with E-state index in [2.05, 4.69) is 26.1 Å². The van der Waals surface area contributed by atoms with E-state index in [1.165, 1.54) is 6.07 Å². The van der Waals surface area contributed by atoms with Gasteiger partial charge in [0.05, 0.1) is 11.1 Å². The molecule has 0 radical (unpaired) electrons. The minimum Gasteiger partial charge on any atom is -0.490 e. The topological polar surface area (TPSA) is 33.7 Å². The number of rotatable bonds is 10. The molecule has 0 amide bonds. The number of nitrogens with zero attached hydrogens (tertiary/aromatic N) is 1. The lowest BCUT2D eigenvalue weighted by molar-refractivity contribution is 0.264. The Morgan fingerprint density at radius 2 is 1.82 bits per heavy atom. The van der Waals surface area contributed by atoms with Crippen LogP contribution in [0.25, 0.3) is 0 Å². The summed E-state index contributed by atoms with van der Waals surface area (Å²) in [5.41, 5.74) is 1.61. The molecule has 4 nitrogen and oxygen atoms in total. The van der Waals surface area contributed by atoms with Gasteiger partial charge in [-0.2, -0.15) is 0 Å². The Morgan fingerprint density at radius 3 is 2.46 bits per heavy atom. The number of ether oxygens (including phenoxy) is 2. The molecule has 2 rings (SSSR count). The van der Waals surface area contributed by atoms with Crippen molar-refractivity contribution in [1.29, 1.82) is 0 Å². The van der Waals surface area contributed by atoms with E-state index >= 15 is 0 Å². The summed E-state index contributed by atoms with van der Waals surface area (Å²) in [6.45, 7) is 5.21. The standard InChI is InChI=1S/C20H26BrFN2O2.2ClH/c1-4-25-19-12-15(13-23-9-10-24(2)3)11-17(21)20(19)26-14-16-7-5-6-8-18(16)22;;/h5-8,11-12,23H,4,9-10,13-14H2,1-3H3;2*1H. The van der Waals surface area contributed by atoms with E-state index in [1.807, 2.05) is 33.2 Å². The van der Waals surface area contributed by atoms with Crippen LogP contribution in [-0.4, -0.2) is 38.7 Å². The van der Waals surface area contributed by atoms with Crippen molar-refractivity contribution in [3.63, 3.8) is 0 Å². The summed E-state index contributed by atoms with van der Waals surface area (Å²) in [6.07, 6.45) is 0. The summed E-state index contributed by atoms with van der Waals surface area (Å²) in [6, 6.07) is 10.6. The van der Waals surface area contributed by atoms with Crippen molar-refractivity contribution in [3.8, 4) is 11.5 Å². The van der Waals surface area contributed by atoms with Gasteiger partial charge >= 0.3 is 0 Å². The first-order chi connectivity index (χ1) is 12.5. The smallest absolute Gasteiger partial charge is 0.175 e. The summed E-state index contributed by atoms with van der Waals surface area (Å²) in [5, 5.41) is 3.41. The van der Waals surface area contributed by atoms with Gasteiger partial charge in [0.15, 0.2) is 11.5 Å². The van der Waals surface area contributed by atoms with Crippen LogP contribution in [0.3, 0.4) is 0 Å². The van der Waals surface area contributed by atoms with Gasteiger partial charge in [-0.3, -0.25) is 0 Å². The molecule has 0 saturated carbocycles. The van der Waals surface area contributed by atoms with Gasteiger partial charge in [0.25, 0.3) is 0 Å². The summed E-state index contributed by atoms with van der Waals surface area (Å²) < 4.78 is 26.2. The second kappa shape index (κ2) is 14.0. The molecule has 2 aromatic rings. The van der Waals surface area contributed by atoms with Gasteiger partial charge in [-0.1, -0.05) is 18.2 Å². The molecule has 0 bridgehead atoms. The number of nitrogens with one attached hydrogen (secondary N) is 1. The second-order valence-electron chi connectivity index (χ2n) is 6.20. The van der Waals surface area contributed by atoms with E-state index in [-0.39, 0.29) is 37.2 Å². The fourth-order valence-electron chi connectivity index (χ4n) is 2.43. The predicted molar refractivity (Wildman–Crippen MR) is 121 cm³/mol. The van der Waals surface area contributed by atoms with E-state index < -0.39 is 0 Å². The van der Waals surface area contributed by atoms with Gasteiger partial charge in [-0.15, -0.1) is 24.8 Å². The van der Waals surface area contributed by atoms with Crippen molar-refractivity contribution < 1.29 is 13.9 Å². The molecule has 28 heavy (non-hydrogen) atoms. The lowest BCUT2D eigenvalue weighted by Gasteiger charge is -2.16. The number of halogens is 4. The quantitative estimate of drug-likeness (QED) is 0.465. The summed E-state index contributed by atoms with van der Waals surface area (Å²) in [7, 11) is 4.10. The molecule has 2 aromatic carbocycles. The third-order valence-corrected chi connectivity index (χ3v) is 4.35. The van der Waals surface area contributed by atoms with Crippen molar-refractivity contribution >= 4 is 40.7 Å². The highest BCUT2D eigenvalue weighted by Gasteiger charge is 2.13. The SMILES string of the molecule is CCOc1cc(CNCCN(C)C)cc(Br)c1OCc1ccccc1F.Cl.Cl. The molecule has 0 atom stereocenters. The lowest BCUT2D eigenvalue weighted by Crippen LogP contribution is -2.26. The summed E-state index contributed by atoms with van der Waals surface area (Å²) in [5.74, 6) is 0.970. The van der Waals surface area contributed by atoms with Crippen LogP contribution in [0.4, 0.5) is 4.39 Å². The molecule has 0 saturated heterocycles. The first-order valence-corrected chi connectivity index (χ1v) is 9.47. The molecule has 0 heterocycles. The monoisotopic (exact) mass is 496 g/mol. The molecule has 1 N–H and O–H groups in total. The zero-order valence-electron chi connectivity index (χ0n) is 16.3. The lowest BCUT2D eigenvalue weighted by atomic mass is 10.2. The zero-order chi connectivity index (χ0) is 18.9. The van der Waals surface area contributed by atoms with E-state index in [4.69, 9.17) is 9.47 Å². The van der Waals surface area contributed by atoms with Crippen LogP contribution < -0.4 is 14.8 Å². The maximum atomic E-state index is 13.8. The zero-order valence-corrected chi connectivity index (χ0v) is 19.6. The Morgan fingerprint density at radius 1 is 1.11 bits per heavy atom. The Hall–Kier alpha value is -1.05. The van der Waals surface area contributed by atoms with E-state index in [0.29, 0.717) is 23.7 Å². The molecule has 0 aromatic heterocycles. The Labute approximate surface area is 187 Å². The minimum atomic E-state index is -0.275. The molecule has 158 valence electrons. The van der Waals surface area contributed by atoms with Crippen molar-refractivity contribution in [2.24, 2.45) is 0 Å². The van der Waals surface area contributed by atoms with E-state index in [1.54, 1.807) is 18.2 Å². The number of hydrogen-bond donors (Lipinski definition) is 1. The van der Waals surface area contributed by atoms with Crippen LogP contribution in [-0.2, 0) is 13.2 Å². The first kappa shape index (κ1) is 27.0. The normalized spacial score (nSPS) is 10.2. The van der Waals surface area contributed by atoms with Crippen LogP contribution in [0.1, 0.15) is 18.1 Å². The Balaban J connectivity index is 0.00000364. The molecule has 0 aliphatic carbocycles. The molecule has 0 aliphatic rings. The molecular formula is C20H28BrCl2FN2O2. The molecule has 0 fully saturated rings. The number of benzene rings is 2. The van der Waals surface area contributed by atoms with Crippen molar-refractivity contribution in [2.45, 2.75) is 20.1 Å². The molecule has 0 unspecified atom stereocenters. The Bertz CT molecular complexity index is 721. The average molecular weight is 498 g/mol. The highest BCUT2D eigenvalue weighted by atomic mass is 79.9. The summed E-state index contributed by atoms with van der Waals surface area (Å²) >= 11 is 3.56. The maximum Gasteiger partial charge on any atom is 0.175 e. The van der Waals surface area contributed by atoms with Gasteiger partial charge in [-0.25, -0.2) is 4.39 Å². The fourth-order valence-corrected chi connectivity index (χ4v) is 3.03. The molecule has 0 spiro atoms. The average Bonchev–Trinajstić information content (AvgIpc) is 2.59. The van der Waals surface area contributed by atoms with Crippen LogP contribution in [0.5, 0.6) is 11.5 Å². The van der Waals surface area contributed by atoms with Gasteiger partial charge in [-0.05, 0) is 60.7 Å². The minimum absolute atomic E-state index is 0. The van der Waals surface area contributed by atoms with Gasteiger partial charge in [0.2, 0.25) is 0 Å². The van der Waals surface area contributed by atoms with Crippen LogP contribution >= 0.6 is 40.7 Å². The second-order valence-corrected chi connectivity index (χ2v) is 7.05. The number of likely N-dealkylation sites (N-methyl/N-ethyl adjacent to an activating group) is 1. The van der Waals surface area contributed by atoms with E-state index in [0.717, 1.165) is 29.7 Å². The first-order valence-electron chi connectivity index (χ1n) is 8.68. The maximum absolute atomic E-state index is 13.8. The highest BCUT2D eigenvalue weighted by Crippen LogP contribution is 2.37. The molecule has 8 heteroatoms. The van der Waals surface area contributed by atoms with Crippen molar-refractivity contribution in [3.05, 3.63) is 57.8 Å². The summed E-state index contributed by atoms with van der Waals surface area (Å²) in [4.78, 5) is 2.13. The van der Waals surface area contributed by atoms with Gasteiger partial charge in [0, 0.05) is 25.2 Å². The third-order valence-electron chi connectivity index (χ3n) is 3.76. The van der Waals surface area contributed by atoms with Crippen LogP contribution in [0, 0.1) is 5.82 Å². The predicted octanol–water partition coefficient (Wildman–Crippen LogP) is 5.06. The molecular weight excluding hydrogens is 470 g/mol. The van der Waals surface area contributed by atoms with Crippen molar-refractivity contribution in [2.75, 3.05) is 33.8 Å². The van der Waals surface area contributed by atoms with Crippen LogP contribution in [0.15, 0.2) is 40.9 Å². The van der Waals surface area contributed by atoms with E-state index in [9.17, 15) is 4.39 Å². The number of hydrogen-bond acceptors (Lipinski definition) is 4. The fraction of sp³-hybridized carbons (Fsp3) is 0.400. The van der Waals surface area contributed by atoms with Crippen molar-refractivity contribution in [1.82, 2.24) is 10.2 Å². The Kier molecular flexibility index (Phi) is 13.5. The largest absolute Gasteiger partial charge is 0.490 e.